The van der Waals surface area contributed by atoms with Gasteiger partial charge in [0.05, 0.1) is 16.9 Å². The summed E-state index contributed by atoms with van der Waals surface area (Å²) in [6.45, 7) is 1.89. The first-order valence-corrected chi connectivity index (χ1v) is 11.3. The van der Waals surface area contributed by atoms with Crippen molar-refractivity contribution in [3.63, 3.8) is 0 Å². The van der Waals surface area contributed by atoms with E-state index in [0.29, 0.717) is 17.3 Å². The normalized spacial score (nSPS) is 20.1. The first kappa shape index (κ1) is 18.0. The standard InChI is InChI=1S/C18H24N4O2S2/c23-15(20-11-4-3-7-19-8-11)10-25-9-14-21-17(24)16-12-5-1-2-6-13(12)26-18(16)22-14/h11,19H,1-10H2,(H,20,23)(H,21,22,24)/t11-/m0/s1. The van der Waals surface area contributed by atoms with E-state index in [1.807, 2.05) is 0 Å². The smallest absolute Gasteiger partial charge is 0.259 e. The summed E-state index contributed by atoms with van der Waals surface area (Å²) in [6, 6.07) is 0.239. The van der Waals surface area contributed by atoms with Crippen molar-refractivity contribution in [2.75, 3.05) is 18.8 Å². The highest BCUT2D eigenvalue weighted by atomic mass is 32.2. The monoisotopic (exact) mass is 392 g/mol. The summed E-state index contributed by atoms with van der Waals surface area (Å²) in [5.74, 6) is 1.65. The largest absolute Gasteiger partial charge is 0.351 e. The molecular formula is C18H24N4O2S2. The van der Waals surface area contributed by atoms with Crippen molar-refractivity contribution in [1.82, 2.24) is 20.6 Å². The molecule has 0 bridgehead atoms. The molecule has 140 valence electrons. The Morgan fingerprint density at radius 3 is 3.04 bits per heavy atom. The molecule has 0 saturated carbocycles. The van der Waals surface area contributed by atoms with Gasteiger partial charge in [-0.15, -0.1) is 23.1 Å². The summed E-state index contributed by atoms with van der Waals surface area (Å²) in [7, 11) is 0. The molecule has 4 rings (SSSR count). The third-order valence-corrected chi connectivity index (χ3v) is 7.14. The summed E-state index contributed by atoms with van der Waals surface area (Å²) in [6.07, 6.45) is 6.56. The van der Waals surface area contributed by atoms with Gasteiger partial charge in [-0.1, -0.05) is 0 Å². The minimum Gasteiger partial charge on any atom is -0.351 e. The molecule has 3 heterocycles. The van der Waals surface area contributed by atoms with Crippen LogP contribution in [0, 0.1) is 0 Å². The van der Waals surface area contributed by atoms with E-state index in [-0.39, 0.29) is 17.5 Å². The topological polar surface area (TPSA) is 86.9 Å². The average molecular weight is 393 g/mol. The summed E-state index contributed by atoms with van der Waals surface area (Å²) in [5.41, 5.74) is 1.19. The molecule has 1 aliphatic carbocycles. The number of hydrogen-bond donors (Lipinski definition) is 3. The fourth-order valence-corrected chi connectivity index (χ4v) is 5.74. The molecule has 0 aromatic carbocycles. The van der Waals surface area contributed by atoms with Gasteiger partial charge in [0.1, 0.15) is 10.7 Å². The Hall–Kier alpha value is -1.38. The van der Waals surface area contributed by atoms with E-state index < -0.39 is 0 Å². The van der Waals surface area contributed by atoms with Crippen molar-refractivity contribution >= 4 is 39.2 Å². The Kier molecular flexibility index (Phi) is 5.61. The van der Waals surface area contributed by atoms with Crippen LogP contribution in [0.25, 0.3) is 10.2 Å². The number of rotatable bonds is 5. The lowest BCUT2D eigenvalue weighted by molar-refractivity contribution is -0.119. The Bertz CT molecular complexity index is 855. The number of H-pyrrole nitrogens is 1. The van der Waals surface area contributed by atoms with Crippen molar-refractivity contribution in [2.45, 2.75) is 50.3 Å². The maximum absolute atomic E-state index is 12.5. The average Bonchev–Trinajstić information content (AvgIpc) is 3.01. The Balaban J connectivity index is 1.37. The summed E-state index contributed by atoms with van der Waals surface area (Å²) >= 11 is 3.16. The molecule has 2 aromatic heterocycles. The van der Waals surface area contributed by atoms with Gasteiger partial charge in [-0.3, -0.25) is 9.59 Å². The van der Waals surface area contributed by atoms with Crippen LogP contribution in [-0.4, -0.2) is 40.8 Å². The molecule has 0 spiro atoms. The Morgan fingerprint density at radius 1 is 1.31 bits per heavy atom. The fraction of sp³-hybridized carbons (Fsp3) is 0.611. The van der Waals surface area contributed by atoms with Crippen LogP contribution in [0.15, 0.2) is 4.79 Å². The van der Waals surface area contributed by atoms with Gasteiger partial charge in [-0.25, -0.2) is 4.98 Å². The molecule has 26 heavy (non-hydrogen) atoms. The number of carbonyl (C=O) groups is 1. The van der Waals surface area contributed by atoms with Crippen molar-refractivity contribution in [1.29, 1.82) is 0 Å². The number of carbonyl (C=O) groups excluding carboxylic acids is 1. The fourth-order valence-electron chi connectivity index (χ4n) is 3.76. The van der Waals surface area contributed by atoms with E-state index >= 15 is 0 Å². The van der Waals surface area contributed by atoms with Crippen LogP contribution in [-0.2, 0) is 23.4 Å². The van der Waals surface area contributed by atoms with Crippen molar-refractivity contribution in [2.24, 2.45) is 0 Å². The predicted molar refractivity (Wildman–Crippen MR) is 107 cm³/mol. The number of nitrogens with zero attached hydrogens (tertiary/aromatic N) is 1. The van der Waals surface area contributed by atoms with Gasteiger partial charge in [-0.05, 0) is 50.6 Å². The van der Waals surface area contributed by atoms with E-state index in [1.54, 1.807) is 11.3 Å². The second kappa shape index (κ2) is 8.10. The van der Waals surface area contributed by atoms with E-state index in [9.17, 15) is 9.59 Å². The van der Waals surface area contributed by atoms with E-state index in [1.165, 1.54) is 28.6 Å². The molecule has 2 aromatic rings. The second-order valence-electron chi connectivity index (χ2n) is 7.01. The third kappa shape index (κ3) is 3.97. The summed E-state index contributed by atoms with van der Waals surface area (Å²) < 4.78 is 0. The number of hydrogen-bond acceptors (Lipinski definition) is 6. The molecule has 6 nitrogen and oxygen atoms in total. The number of aromatic nitrogens is 2. The van der Waals surface area contributed by atoms with Crippen LogP contribution in [0.4, 0.5) is 0 Å². The number of nitrogens with one attached hydrogen (secondary N) is 3. The number of fused-ring (bicyclic) bond motifs is 3. The highest BCUT2D eigenvalue weighted by molar-refractivity contribution is 7.99. The minimum atomic E-state index is -0.0252. The van der Waals surface area contributed by atoms with Gasteiger partial charge in [0.15, 0.2) is 0 Å². The van der Waals surface area contributed by atoms with Crippen LogP contribution in [0.5, 0.6) is 0 Å². The molecular weight excluding hydrogens is 368 g/mol. The van der Waals surface area contributed by atoms with E-state index in [0.717, 1.165) is 55.4 Å². The summed E-state index contributed by atoms with van der Waals surface area (Å²) in [5, 5.41) is 7.15. The van der Waals surface area contributed by atoms with Crippen molar-refractivity contribution < 1.29 is 4.79 Å². The third-order valence-electron chi connectivity index (χ3n) is 5.01. The quantitative estimate of drug-likeness (QED) is 0.724. The molecule has 8 heteroatoms. The second-order valence-corrected chi connectivity index (χ2v) is 9.08. The number of aryl methyl sites for hydroxylation is 2. The van der Waals surface area contributed by atoms with Gasteiger partial charge in [0.25, 0.3) is 5.56 Å². The van der Waals surface area contributed by atoms with Gasteiger partial charge < -0.3 is 15.6 Å². The minimum absolute atomic E-state index is 0.0252. The molecule has 1 aliphatic heterocycles. The van der Waals surface area contributed by atoms with E-state index in [4.69, 9.17) is 0 Å². The predicted octanol–water partition coefficient (Wildman–Crippen LogP) is 1.96. The zero-order valence-electron chi connectivity index (χ0n) is 14.7. The molecule has 0 unspecified atom stereocenters. The van der Waals surface area contributed by atoms with E-state index in [2.05, 4.69) is 20.6 Å². The number of piperidine rings is 1. The molecule has 3 N–H and O–H groups in total. The maximum Gasteiger partial charge on any atom is 0.259 e. The van der Waals surface area contributed by atoms with Crippen LogP contribution in [0.1, 0.15) is 41.9 Å². The number of amides is 1. The number of aromatic amines is 1. The molecule has 1 fully saturated rings. The van der Waals surface area contributed by atoms with Crippen LogP contribution in [0.2, 0.25) is 0 Å². The zero-order chi connectivity index (χ0) is 17.9. The lowest BCUT2D eigenvalue weighted by atomic mass is 9.97. The molecule has 0 radical (unpaired) electrons. The van der Waals surface area contributed by atoms with Gasteiger partial charge in [0, 0.05) is 17.5 Å². The first-order valence-electron chi connectivity index (χ1n) is 9.32. The zero-order valence-corrected chi connectivity index (χ0v) is 16.4. The van der Waals surface area contributed by atoms with Crippen LogP contribution < -0.4 is 16.2 Å². The highest BCUT2D eigenvalue weighted by Gasteiger charge is 2.20. The number of thiophene rings is 1. The first-order chi connectivity index (χ1) is 12.7. The lowest BCUT2D eigenvalue weighted by Crippen LogP contribution is -2.46. The molecule has 1 amide bonds. The van der Waals surface area contributed by atoms with Crippen molar-refractivity contribution in [3.05, 3.63) is 26.6 Å². The van der Waals surface area contributed by atoms with Gasteiger partial charge in [-0.2, -0.15) is 0 Å². The number of thioether (sulfide) groups is 1. The Morgan fingerprint density at radius 2 is 2.19 bits per heavy atom. The van der Waals surface area contributed by atoms with Crippen LogP contribution in [0.3, 0.4) is 0 Å². The summed E-state index contributed by atoms with van der Waals surface area (Å²) in [4.78, 5) is 34.3. The van der Waals surface area contributed by atoms with Crippen molar-refractivity contribution in [3.8, 4) is 0 Å². The van der Waals surface area contributed by atoms with Gasteiger partial charge >= 0.3 is 0 Å². The molecule has 1 saturated heterocycles. The lowest BCUT2D eigenvalue weighted by Gasteiger charge is -2.23. The van der Waals surface area contributed by atoms with Gasteiger partial charge in [0.2, 0.25) is 5.91 Å². The highest BCUT2D eigenvalue weighted by Crippen LogP contribution is 2.33. The SMILES string of the molecule is O=C(CSCc1nc2sc3c(c2c(=O)[nH]1)CCCC3)N[C@H]1CCCNC1. The molecule has 2 aliphatic rings. The maximum atomic E-state index is 12.5. The van der Waals surface area contributed by atoms with Crippen LogP contribution >= 0.6 is 23.1 Å². The Labute approximate surface area is 160 Å². The molecule has 1 atom stereocenters.